The predicted octanol–water partition coefficient (Wildman–Crippen LogP) is 10.4. The predicted molar refractivity (Wildman–Crippen MR) is 139 cm³/mol. The van der Waals surface area contributed by atoms with Crippen molar-refractivity contribution in [2.24, 2.45) is 0 Å². The van der Waals surface area contributed by atoms with Gasteiger partial charge in [-0.1, -0.05) is 36.4 Å². The molecule has 0 spiro atoms. The summed E-state index contributed by atoms with van der Waals surface area (Å²) in [6.45, 7) is 1.15. The molecule has 2 nitrogen and oxygen atoms in total. The third-order valence-electron chi connectivity index (χ3n) is 6.24. The van der Waals surface area contributed by atoms with Gasteiger partial charge >= 0.3 is 12.3 Å². The number of alkyl halides is 5. The maximum atomic E-state index is 14.9. The average molecular weight is 632 g/mol. The van der Waals surface area contributed by atoms with Gasteiger partial charge in [-0.15, -0.1) is 0 Å². The Morgan fingerprint density at radius 2 is 1.05 bits per heavy atom. The Labute approximate surface area is 243 Å². The second kappa shape index (κ2) is 12.7. The summed E-state index contributed by atoms with van der Waals surface area (Å²) in [4.78, 5) is 0. The summed E-state index contributed by atoms with van der Waals surface area (Å²) in [5.41, 5.74) is -4.57. The van der Waals surface area contributed by atoms with Crippen LogP contribution in [0.4, 0.5) is 48.3 Å². The van der Waals surface area contributed by atoms with Crippen LogP contribution in [0.25, 0.3) is 28.1 Å². The molecule has 0 aliphatic carbocycles. The van der Waals surface area contributed by atoms with Crippen molar-refractivity contribution in [1.82, 2.24) is 0 Å². The summed E-state index contributed by atoms with van der Waals surface area (Å²) in [6.07, 6.45) is -9.86. The van der Waals surface area contributed by atoms with Crippen LogP contribution in [0, 0.1) is 23.3 Å². The highest BCUT2D eigenvalue weighted by Crippen LogP contribution is 2.39. The second-order valence-electron chi connectivity index (χ2n) is 9.20. The van der Waals surface area contributed by atoms with Gasteiger partial charge in [0, 0.05) is 12.2 Å². The van der Waals surface area contributed by atoms with E-state index in [9.17, 15) is 48.3 Å². The summed E-state index contributed by atoms with van der Waals surface area (Å²) in [6, 6.07) is 10.3. The van der Waals surface area contributed by atoms with Gasteiger partial charge in [0.25, 0.3) is 0 Å². The largest absolute Gasteiger partial charge is 0.432 e. The molecule has 0 unspecified atom stereocenters. The number of rotatable bonds is 9. The minimum atomic E-state index is -5.29. The van der Waals surface area contributed by atoms with E-state index in [0.717, 1.165) is 36.4 Å². The van der Waals surface area contributed by atoms with Gasteiger partial charge in [0.2, 0.25) is 0 Å². The lowest BCUT2D eigenvalue weighted by Gasteiger charge is -2.20. The molecule has 4 rings (SSSR count). The summed E-state index contributed by atoms with van der Waals surface area (Å²) in [5, 5.41) is 0. The second-order valence-corrected chi connectivity index (χ2v) is 9.20. The number of hydrogen-bond acceptors (Lipinski definition) is 2. The van der Waals surface area contributed by atoms with E-state index in [2.05, 4.69) is 4.74 Å². The van der Waals surface area contributed by atoms with Gasteiger partial charge in [0.1, 0.15) is 46.8 Å². The molecule has 4 aromatic carbocycles. The lowest BCUT2D eigenvalue weighted by Crippen LogP contribution is -2.25. The number of benzene rings is 4. The number of halogens is 11. The first-order valence-corrected chi connectivity index (χ1v) is 12.6. The lowest BCUT2D eigenvalue weighted by atomic mass is 10.0. The van der Waals surface area contributed by atoms with Crippen LogP contribution in [0.3, 0.4) is 0 Å². The van der Waals surface area contributed by atoms with Crippen LogP contribution in [-0.2, 0) is 17.0 Å². The Morgan fingerprint density at radius 1 is 0.614 bits per heavy atom. The molecule has 0 bridgehead atoms. The molecular formula is C31H19F11O2. The maximum absolute atomic E-state index is 14.9. The molecule has 0 radical (unpaired) electrons. The molecule has 44 heavy (non-hydrogen) atoms. The Hall–Kier alpha value is -4.39. The van der Waals surface area contributed by atoms with E-state index in [1.807, 2.05) is 0 Å². The van der Waals surface area contributed by atoms with Crippen LogP contribution in [0.5, 0.6) is 5.75 Å². The molecule has 0 aliphatic heterocycles. The van der Waals surface area contributed by atoms with Gasteiger partial charge in [-0.3, -0.25) is 0 Å². The molecule has 0 N–H and O–H groups in total. The van der Waals surface area contributed by atoms with Crippen molar-refractivity contribution in [2.75, 3.05) is 13.2 Å². The van der Waals surface area contributed by atoms with E-state index in [-0.39, 0.29) is 34.4 Å². The fourth-order valence-electron chi connectivity index (χ4n) is 4.16. The van der Waals surface area contributed by atoms with Gasteiger partial charge in [-0.2, -0.15) is 22.0 Å². The molecule has 0 atom stereocenters. The van der Waals surface area contributed by atoms with Crippen LogP contribution >= 0.6 is 0 Å². The van der Waals surface area contributed by atoms with Crippen molar-refractivity contribution >= 4 is 5.83 Å². The van der Waals surface area contributed by atoms with E-state index in [1.54, 1.807) is 6.92 Å². The molecule has 4 aromatic rings. The van der Waals surface area contributed by atoms with Crippen LogP contribution in [0.15, 0.2) is 78.6 Å². The van der Waals surface area contributed by atoms with Crippen molar-refractivity contribution in [3.05, 3.63) is 119 Å². The summed E-state index contributed by atoms with van der Waals surface area (Å²) >= 11 is 0. The first-order valence-electron chi connectivity index (χ1n) is 12.6. The Balaban J connectivity index is 1.54. The molecule has 0 heterocycles. The summed E-state index contributed by atoms with van der Waals surface area (Å²) in [5.74, 6) is -10.2. The Morgan fingerprint density at radius 3 is 1.48 bits per heavy atom. The Kier molecular flexibility index (Phi) is 9.38. The van der Waals surface area contributed by atoms with Crippen molar-refractivity contribution in [3.8, 4) is 28.0 Å². The molecule has 232 valence electrons. The monoisotopic (exact) mass is 632 g/mol. The van der Waals surface area contributed by atoms with Crippen molar-refractivity contribution < 1.29 is 57.8 Å². The van der Waals surface area contributed by atoms with Crippen molar-refractivity contribution in [1.29, 1.82) is 0 Å². The van der Waals surface area contributed by atoms with Crippen LogP contribution in [0.2, 0.25) is 0 Å². The zero-order chi connectivity index (χ0) is 32.4. The SMILES string of the molecule is CCOC/C(F)=C(\F)c1ccc(-c2cc(F)c(C(F)(F)Oc3ccc(-c4cc(F)c(C(F)(F)F)c(F)c4)cc3)c(F)c2)cc1. The van der Waals surface area contributed by atoms with E-state index in [1.165, 1.54) is 12.1 Å². The maximum Gasteiger partial charge on any atom is 0.432 e. The first kappa shape index (κ1) is 32.5. The van der Waals surface area contributed by atoms with E-state index >= 15 is 0 Å². The quantitative estimate of drug-likeness (QED) is 0.171. The molecule has 0 aromatic heterocycles. The van der Waals surface area contributed by atoms with Crippen LogP contribution < -0.4 is 4.74 Å². The molecule has 0 amide bonds. The standard InChI is InChI=1S/C31H19F11O2/c1-2-43-15-26(36)29(37)18-5-3-16(4-6-18)20-13-24(34)28(25(35)14-20)31(41,42)44-21-9-7-17(8-10-21)19-11-22(32)27(23(33)12-19)30(38,39)40/h3-14H,2,15H2,1H3/b29-26+. The van der Waals surface area contributed by atoms with Gasteiger partial charge in [-0.05, 0) is 65.6 Å². The minimum Gasteiger partial charge on any atom is -0.429 e. The molecule has 0 fully saturated rings. The summed E-state index contributed by atoms with van der Waals surface area (Å²) < 4.78 is 163. The highest BCUT2D eigenvalue weighted by Gasteiger charge is 2.41. The zero-order valence-corrected chi connectivity index (χ0v) is 22.3. The zero-order valence-electron chi connectivity index (χ0n) is 22.3. The van der Waals surface area contributed by atoms with E-state index in [0.29, 0.717) is 24.3 Å². The third kappa shape index (κ3) is 7.04. The van der Waals surface area contributed by atoms with Crippen molar-refractivity contribution in [3.63, 3.8) is 0 Å². The minimum absolute atomic E-state index is 0.0765. The molecular weight excluding hydrogens is 613 g/mol. The van der Waals surface area contributed by atoms with Gasteiger partial charge in [0.05, 0.1) is 0 Å². The molecule has 0 saturated heterocycles. The lowest BCUT2D eigenvalue weighted by molar-refractivity contribution is -0.189. The number of hydrogen-bond donors (Lipinski definition) is 0. The highest BCUT2D eigenvalue weighted by atomic mass is 19.4. The third-order valence-corrected chi connectivity index (χ3v) is 6.24. The molecule has 0 aliphatic rings. The molecule has 0 saturated carbocycles. The summed E-state index contributed by atoms with van der Waals surface area (Å²) in [7, 11) is 0. The van der Waals surface area contributed by atoms with Crippen molar-refractivity contribution in [2.45, 2.75) is 19.2 Å². The molecule has 13 heteroatoms. The first-order chi connectivity index (χ1) is 20.6. The van der Waals surface area contributed by atoms with E-state index < -0.39 is 70.7 Å². The fraction of sp³-hybridized carbons (Fsp3) is 0.161. The topological polar surface area (TPSA) is 18.5 Å². The fourth-order valence-corrected chi connectivity index (χ4v) is 4.16. The average Bonchev–Trinajstić information content (AvgIpc) is 2.94. The normalized spacial score (nSPS) is 12.7. The van der Waals surface area contributed by atoms with Gasteiger partial charge in [0.15, 0.2) is 11.7 Å². The van der Waals surface area contributed by atoms with Gasteiger partial charge < -0.3 is 9.47 Å². The highest BCUT2D eigenvalue weighted by molar-refractivity contribution is 5.69. The number of ether oxygens (including phenoxy) is 2. The Bertz CT molecular complexity index is 1630. The van der Waals surface area contributed by atoms with Crippen LogP contribution in [-0.4, -0.2) is 13.2 Å². The smallest absolute Gasteiger partial charge is 0.429 e. The van der Waals surface area contributed by atoms with Crippen LogP contribution in [0.1, 0.15) is 23.6 Å². The van der Waals surface area contributed by atoms with Gasteiger partial charge in [-0.25, -0.2) is 26.3 Å². The van der Waals surface area contributed by atoms with E-state index in [4.69, 9.17) is 4.74 Å².